The Morgan fingerprint density at radius 2 is 1.33 bits per heavy atom. The molecule has 0 spiro atoms. The molecule has 0 aliphatic heterocycles. The molecule has 1 rings (SSSR count). The second-order valence-corrected chi connectivity index (χ2v) is 7.02. The summed E-state index contributed by atoms with van der Waals surface area (Å²) in [6.45, 7) is 5.53. The smallest absolute Gasteiger partial charge is 0.120 e. The van der Waals surface area contributed by atoms with Gasteiger partial charge in [-0.3, -0.25) is 0 Å². The molecule has 0 saturated heterocycles. The predicted octanol–water partition coefficient (Wildman–Crippen LogP) is 7.07. The van der Waals surface area contributed by atoms with Gasteiger partial charge in [0, 0.05) is 17.8 Å². The van der Waals surface area contributed by atoms with E-state index in [0.29, 0.717) is 5.75 Å². The lowest BCUT2D eigenvalue weighted by Gasteiger charge is -2.13. The number of rotatable bonds is 15. The molecule has 0 atom stereocenters. The first-order valence-corrected chi connectivity index (χ1v) is 10.3. The Labute approximate surface area is 150 Å². The van der Waals surface area contributed by atoms with Crippen molar-refractivity contribution in [3.63, 3.8) is 0 Å². The first kappa shape index (κ1) is 20.9. The molecule has 2 heteroatoms. The molecule has 0 fully saturated rings. The number of hydrogen-bond acceptors (Lipinski definition) is 2. The van der Waals surface area contributed by atoms with Crippen LogP contribution in [0.2, 0.25) is 0 Å². The molecule has 0 heterocycles. The molecule has 138 valence electrons. The number of nitrogens with one attached hydrogen (secondary N) is 1. The minimum atomic E-state index is 0.455. The van der Waals surface area contributed by atoms with Gasteiger partial charge in [-0.2, -0.15) is 0 Å². The Kier molecular flexibility index (Phi) is 12.3. The summed E-state index contributed by atoms with van der Waals surface area (Å²) in [6.07, 6.45) is 16.7. The van der Waals surface area contributed by atoms with Gasteiger partial charge in [-0.15, -0.1) is 0 Å². The highest BCUT2D eigenvalue weighted by atomic mass is 16.3. The van der Waals surface area contributed by atoms with E-state index < -0.39 is 0 Å². The second kappa shape index (κ2) is 14.2. The molecule has 1 aromatic rings. The van der Waals surface area contributed by atoms with Crippen LogP contribution in [0, 0.1) is 0 Å². The first-order valence-electron chi connectivity index (χ1n) is 10.3. The van der Waals surface area contributed by atoms with E-state index in [2.05, 4.69) is 25.2 Å². The lowest BCUT2D eigenvalue weighted by atomic mass is 10.0. The minimum Gasteiger partial charge on any atom is -0.508 e. The SMILES string of the molecule is CCCCCCCCNc1cccc(O)c1CCCCCCCC. The molecular formula is C22H39NO. The van der Waals surface area contributed by atoms with Crippen molar-refractivity contribution >= 4 is 5.69 Å². The summed E-state index contributed by atoms with van der Waals surface area (Å²) in [5.74, 6) is 0.455. The maximum absolute atomic E-state index is 10.2. The lowest BCUT2D eigenvalue weighted by molar-refractivity contribution is 0.466. The van der Waals surface area contributed by atoms with Crippen molar-refractivity contribution in [2.24, 2.45) is 0 Å². The molecule has 0 aliphatic carbocycles. The summed E-state index contributed by atoms with van der Waals surface area (Å²) in [7, 11) is 0. The van der Waals surface area contributed by atoms with Gasteiger partial charge in [-0.1, -0.05) is 84.1 Å². The number of unbranched alkanes of at least 4 members (excludes halogenated alkanes) is 10. The highest BCUT2D eigenvalue weighted by molar-refractivity contribution is 5.57. The van der Waals surface area contributed by atoms with E-state index in [1.165, 1.54) is 77.0 Å². The number of aromatic hydroxyl groups is 1. The fourth-order valence-corrected chi connectivity index (χ4v) is 3.21. The maximum atomic E-state index is 10.2. The van der Waals surface area contributed by atoms with E-state index in [9.17, 15) is 5.11 Å². The molecule has 0 amide bonds. The number of phenols is 1. The Morgan fingerprint density at radius 3 is 2.00 bits per heavy atom. The van der Waals surface area contributed by atoms with Gasteiger partial charge in [-0.25, -0.2) is 0 Å². The molecule has 2 N–H and O–H groups in total. The third-order valence-corrected chi connectivity index (χ3v) is 4.78. The summed E-state index contributed by atoms with van der Waals surface area (Å²) < 4.78 is 0. The van der Waals surface area contributed by atoms with Crippen molar-refractivity contribution in [1.29, 1.82) is 0 Å². The predicted molar refractivity (Wildman–Crippen MR) is 107 cm³/mol. The van der Waals surface area contributed by atoms with Gasteiger partial charge >= 0.3 is 0 Å². The maximum Gasteiger partial charge on any atom is 0.120 e. The highest BCUT2D eigenvalue weighted by Gasteiger charge is 2.07. The van der Waals surface area contributed by atoms with Crippen LogP contribution in [-0.2, 0) is 6.42 Å². The average Bonchev–Trinajstić information content (AvgIpc) is 2.59. The molecule has 24 heavy (non-hydrogen) atoms. The van der Waals surface area contributed by atoms with Crippen molar-refractivity contribution in [3.8, 4) is 5.75 Å². The molecule has 0 saturated carbocycles. The summed E-state index contributed by atoms with van der Waals surface area (Å²) >= 11 is 0. The van der Waals surface area contributed by atoms with Gasteiger partial charge in [0.25, 0.3) is 0 Å². The highest BCUT2D eigenvalue weighted by Crippen LogP contribution is 2.27. The van der Waals surface area contributed by atoms with Crippen molar-refractivity contribution < 1.29 is 5.11 Å². The number of benzene rings is 1. The van der Waals surface area contributed by atoms with Gasteiger partial charge in [0.2, 0.25) is 0 Å². The molecule has 0 bridgehead atoms. The minimum absolute atomic E-state index is 0.455. The lowest BCUT2D eigenvalue weighted by Crippen LogP contribution is -2.04. The fourth-order valence-electron chi connectivity index (χ4n) is 3.21. The standard InChI is InChI=1S/C22H39NO/c1-3-5-7-9-11-13-16-20-21(17-15-18-22(20)24)23-19-14-12-10-8-6-4-2/h15,17-18,23-24H,3-14,16,19H2,1-2H3. The van der Waals surface area contributed by atoms with Crippen molar-refractivity contribution in [2.75, 3.05) is 11.9 Å². The molecule has 1 aromatic carbocycles. The van der Waals surface area contributed by atoms with Crippen LogP contribution in [0.15, 0.2) is 18.2 Å². The molecule has 0 aromatic heterocycles. The van der Waals surface area contributed by atoms with Gasteiger partial charge in [-0.05, 0) is 31.4 Å². The topological polar surface area (TPSA) is 32.3 Å². The largest absolute Gasteiger partial charge is 0.508 e. The monoisotopic (exact) mass is 333 g/mol. The van der Waals surface area contributed by atoms with Crippen LogP contribution in [0.1, 0.15) is 96.5 Å². The third-order valence-electron chi connectivity index (χ3n) is 4.78. The quantitative estimate of drug-likeness (QED) is 0.336. The molecule has 0 aliphatic rings. The van der Waals surface area contributed by atoms with Crippen LogP contribution < -0.4 is 5.32 Å². The summed E-state index contributed by atoms with van der Waals surface area (Å²) in [6, 6.07) is 5.88. The zero-order valence-corrected chi connectivity index (χ0v) is 16.1. The molecule has 2 nitrogen and oxygen atoms in total. The normalized spacial score (nSPS) is 10.9. The summed E-state index contributed by atoms with van der Waals surface area (Å²) in [4.78, 5) is 0. The van der Waals surface area contributed by atoms with Crippen LogP contribution in [0.3, 0.4) is 0 Å². The Balaban J connectivity index is 2.29. The van der Waals surface area contributed by atoms with Crippen LogP contribution in [-0.4, -0.2) is 11.7 Å². The van der Waals surface area contributed by atoms with E-state index in [0.717, 1.165) is 24.2 Å². The molecule has 0 radical (unpaired) electrons. The van der Waals surface area contributed by atoms with Crippen LogP contribution in [0.4, 0.5) is 5.69 Å². The Hall–Kier alpha value is -1.18. The zero-order chi connectivity index (χ0) is 17.5. The zero-order valence-electron chi connectivity index (χ0n) is 16.1. The summed E-state index contributed by atoms with van der Waals surface area (Å²) in [5.41, 5.74) is 2.25. The van der Waals surface area contributed by atoms with E-state index in [1.807, 2.05) is 12.1 Å². The van der Waals surface area contributed by atoms with Gasteiger partial charge in [0.05, 0.1) is 0 Å². The Morgan fingerprint density at radius 1 is 0.750 bits per heavy atom. The first-order chi connectivity index (χ1) is 11.8. The second-order valence-electron chi connectivity index (χ2n) is 7.02. The van der Waals surface area contributed by atoms with E-state index in [-0.39, 0.29) is 0 Å². The number of hydrogen-bond donors (Lipinski definition) is 2. The number of phenolic OH excluding ortho intramolecular Hbond substituents is 1. The molecular weight excluding hydrogens is 294 g/mol. The van der Waals surface area contributed by atoms with Gasteiger partial charge < -0.3 is 10.4 Å². The van der Waals surface area contributed by atoms with Crippen molar-refractivity contribution in [1.82, 2.24) is 0 Å². The fraction of sp³-hybridized carbons (Fsp3) is 0.727. The summed E-state index contributed by atoms with van der Waals surface area (Å²) in [5, 5.41) is 13.7. The average molecular weight is 334 g/mol. The van der Waals surface area contributed by atoms with Crippen LogP contribution >= 0.6 is 0 Å². The van der Waals surface area contributed by atoms with Crippen molar-refractivity contribution in [3.05, 3.63) is 23.8 Å². The van der Waals surface area contributed by atoms with Gasteiger partial charge in [0.1, 0.15) is 5.75 Å². The number of anilines is 1. The van der Waals surface area contributed by atoms with Crippen molar-refractivity contribution in [2.45, 2.75) is 97.3 Å². The van der Waals surface area contributed by atoms with Crippen LogP contribution in [0.25, 0.3) is 0 Å². The Bertz CT molecular complexity index is 416. The van der Waals surface area contributed by atoms with E-state index >= 15 is 0 Å². The van der Waals surface area contributed by atoms with Gasteiger partial charge in [0.15, 0.2) is 0 Å². The van der Waals surface area contributed by atoms with Crippen LogP contribution in [0.5, 0.6) is 5.75 Å². The third kappa shape index (κ3) is 9.20. The molecule has 0 unspecified atom stereocenters. The van der Waals surface area contributed by atoms with E-state index in [4.69, 9.17) is 0 Å². The van der Waals surface area contributed by atoms with E-state index in [1.54, 1.807) is 0 Å².